The number of nitrogens with one attached hydrogen (secondary N) is 2. The molecule has 0 aliphatic heterocycles. The van der Waals surface area contributed by atoms with Crippen LogP contribution >= 0.6 is 11.3 Å². The highest BCUT2D eigenvalue weighted by molar-refractivity contribution is 7.14. The Balaban J connectivity index is 1.42. The average Bonchev–Trinajstić information content (AvgIpc) is 3.29. The van der Waals surface area contributed by atoms with Crippen molar-refractivity contribution >= 4 is 40.2 Å². The zero-order valence-electron chi connectivity index (χ0n) is 15.5. The molecule has 9 heteroatoms. The minimum Gasteiger partial charge on any atom is -0.448 e. The van der Waals surface area contributed by atoms with Crippen molar-refractivity contribution in [1.29, 1.82) is 0 Å². The molecule has 3 heterocycles. The predicted octanol–water partition coefficient (Wildman–Crippen LogP) is 3.26. The maximum Gasteiger partial charge on any atom is 0.349 e. The van der Waals surface area contributed by atoms with E-state index >= 15 is 0 Å². The molecule has 0 saturated heterocycles. The number of anilines is 1. The van der Waals surface area contributed by atoms with Gasteiger partial charge in [-0.1, -0.05) is 12.8 Å². The largest absolute Gasteiger partial charge is 0.448 e. The number of fused-ring (bicyclic) bond motifs is 2. The predicted molar refractivity (Wildman–Crippen MR) is 105 cm³/mol. The second kappa shape index (κ2) is 8.05. The first kappa shape index (κ1) is 18.5. The number of carbonyl (C=O) groups excluding carboxylic acids is 2. The Kier molecular flexibility index (Phi) is 5.34. The number of nitrogens with zero attached hydrogens (tertiary/aromatic N) is 3. The fourth-order valence-corrected chi connectivity index (χ4v) is 4.43. The lowest BCUT2D eigenvalue weighted by atomic mass is 10.00. The van der Waals surface area contributed by atoms with Crippen molar-refractivity contribution < 1.29 is 14.3 Å². The molecule has 0 radical (unpaired) electrons. The highest BCUT2D eigenvalue weighted by Crippen LogP contribution is 2.29. The number of esters is 1. The molecule has 3 aromatic rings. The van der Waals surface area contributed by atoms with Crippen molar-refractivity contribution in [2.45, 2.75) is 51.6 Å². The number of imidazole rings is 1. The molecule has 0 aromatic carbocycles. The van der Waals surface area contributed by atoms with E-state index in [9.17, 15) is 9.59 Å². The van der Waals surface area contributed by atoms with Gasteiger partial charge >= 0.3 is 5.97 Å². The number of aryl methyl sites for hydroxylation is 2. The highest BCUT2D eigenvalue weighted by atomic mass is 32.1. The summed E-state index contributed by atoms with van der Waals surface area (Å²) in [5.41, 5.74) is 2.22. The second-order valence-corrected chi connectivity index (χ2v) is 7.97. The summed E-state index contributed by atoms with van der Waals surface area (Å²) in [6.07, 6.45) is 8.63. The zero-order chi connectivity index (χ0) is 19.5. The first-order valence-electron chi connectivity index (χ1n) is 9.39. The van der Waals surface area contributed by atoms with E-state index in [0.29, 0.717) is 21.9 Å². The van der Waals surface area contributed by atoms with E-state index in [0.717, 1.165) is 25.7 Å². The Labute approximate surface area is 165 Å². The number of amides is 1. The second-order valence-electron chi connectivity index (χ2n) is 6.83. The monoisotopic (exact) mass is 399 g/mol. The van der Waals surface area contributed by atoms with E-state index in [1.54, 1.807) is 6.92 Å². The standard InChI is InChI=1S/C19H21N5O3S/c1-11(18(25)24-17-15-16(21-9-20-15)22-10-23-17)27-19(26)14-8-12-6-4-2-3-5-7-13(12)28-14/h8-11H,2-7H2,1H3,(H2,20,21,22,23,24,25)/t11-/m0/s1. The lowest BCUT2D eigenvalue weighted by Crippen LogP contribution is -2.30. The van der Waals surface area contributed by atoms with Crippen LogP contribution in [0.25, 0.3) is 11.2 Å². The smallest absolute Gasteiger partial charge is 0.349 e. The molecular weight excluding hydrogens is 378 g/mol. The van der Waals surface area contributed by atoms with Crippen LogP contribution in [0.3, 0.4) is 0 Å². The number of thiophene rings is 1. The summed E-state index contributed by atoms with van der Waals surface area (Å²) >= 11 is 1.49. The van der Waals surface area contributed by atoms with Crippen LogP contribution in [-0.4, -0.2) is 37.9 Å². The van der Waals surface area contributed by atoms with Gasteiger partial charge < -0.3 is 15.0 Å². The van der Waals surface area contributed by atoms with Gasteiger partial charge in [-0.25, -0.2) is 19.7 Å². The Bertz CT molecular complexity index is 987. The van der Waals surface area contributed by atoms with E-state index in [1.807, 2.05) is 6.07 Å². The van der Waals surface area contributed by atoms with Crippen molar-refractivity contribution in [3.05, 3.63) is 34.0 Å². The molecule has 1 atom stereocenters. The first-order chi connectivity index (χ1) is 13.6. The Morgan fingerprint density at radius 2 is 2.00 bits per heavy atom. The molecule has 0 unspecified atom stereocenters. The summed E-state index contributed by atoms with van der Waals surface area (Å²) in [6, 6.07) is 1.93. The van der Waals surface area contributed by atoms with E-state index in [-0.39, 0.29) is 0 Å². The number of ether oxygens (including phenoxy) is 1. The molecular formula is C19H21N5O3S. The fourth-order valence-electron chi connectivity index (χ4n) is 3.30. The van der Waals surface area contributed by atoms with Crippen LogP contribution in [0, 0.1) is 0 Å². The quantitative estimate of drug-likeness (QED) is 0.652. The molecule has 1 amide bonds. The minimum atomic E-state index is -0.954. The Morgan fingerprint density at radius 1 is 1.18 bits per heavy atom. The highest BCUT2D eigenvalue weighted by Gasteiger charge is 2.23. The van der Waals surface area contributed by atoms with Crippen LogP contribution in [-0.2, 0) is 22.4 Å². The molecule has 1 aliphatic carbocycles. The van der Waals surface area contributed by atoms with Crippen LogP contribution in [0.5, 0.6) is 0 Å². The van der Waals surface area contributed by atoms with Crippen molar-refractivity contribution in [3.63, 3.8) is 0 Å². The first-order valence-corrected chi connectivity index (χ1v) is 10.2. The number of rotatable bonds is 4. The third kappa shape index (κ3) is 3.89. The van der Waals surface area contributed by atoms with Crippen molar-refractivity contribution in [2.75, 3.05) is 5.32 Å². The van der Waals surface area contributed by atoms with Gasteiger partial charge in [0.15, 0.2) is 17.6 Å². The number of H-pyrrole nitrogens is 1. The van der Waals surface area contributed by atoms with Gasteiger partial charge in [-0.15, -0.1) is 11.3 Å². The summed E-state index contributed by atoms with van der Waals surface area (Å²) in [5.74, 6) is -0.624. The molecule has 0 bridgehead atoms. The maximum absolute atomic E-state index is 12.5. The SMILES string of the molecule is C[C@H](OC(=O)c1cc2c(s1)CCCCCC2)C(=O)Nc1ncnc2nc[nH]c12. The van der Waals surface area contributed by atoms with Crippen molar-refractivity contribution in [2.24, 2.45) is 0 Å². The summed E-state index contributed by atoms with van der Waals surface area (Å²) in [7, 11) is 0. The van der Waals surface area contributed by atoms with Gasteiger partial charge in [0, 0.05) is 4.88 Å². The third-order valence-corrected chi connectivity index (χ3v) is 6.03. The van der Waals surface area contributed by atoms with E-state index in [4.69, 9.17) is 4.74 Å². The van der Waals surface area contributed by atoms with Crippen LogP contribution < -0.4 is 5.32 Å². The van der Waals surface area contributed by atoms with Crippen LogP contribution in [0.15, 0.2) is 18.7 Å². The van der Waals surface area contributed by atoms with Crippen molar-refractivity contribution in [3.8, 4) is 0 Å². The van der Waals surface area contributed by atoms with Gasteiger partial charge in [0.2, 0.25) is 0 Å². The molecule has 146 valence electrons. The van der Waals surface area contributed by atoms with Gasteiger partial charge in [-0.05, 0) is 44.2 Å². The third-order valence-electron chi connectivity index (χ3n) is 4.82. The maximum atomic E-state index is 12.5. The zero-order valence-corrected chi connectivity index (χ0v) is 16.3. The minimum absolute atomic E-state index is 0.300. The van der Waals surface area contributed by atoms with Gasteiger partial charge in [-0.2, -0.15) is 0 Å². The van der Waals surface area contributed by atoms with Crippen LogP contribution in [0.1, 0.15) is 52.7 Å². The van der Waals surface area contributed by atoms with Crippen LogP contribution in [0.4, 0.5) is 5.82 Å². The Hall–Kier alpha value is -2.81. The number of hydrogen-bond acceptors (Lipinski definition) is 7. The molecule has 0 saturated carbocycles. The number of aromatic amines is 1. The van der Waals surface area contributed by atoms with E-state index in [1.165, 1.54) is 47.3 Å². The summed E-state index contributed by atoms with van der Waals surface area (Å²) < 4.78 is 5.39. The molecule has 0 fully saturated rings. The summed E-state index contributed by atoms with van der Waals surface area (Å²) in [4.78, 5) is 41.8. The summed E-state index contributed by atoms with van der Waals surface area (Å²) in [5, 5.41) is 2.66. The molecule has 0 spiro atoms. The fraction of sp³-hybridized carbons (Fsp3) is 0.421. The number of aromatic nitrogens is 4. The van der Waals surface area contributed by atoms with Gasteiger partial charge in [0.25, 0.3) is 5.91 Å². The average molecular weight is 399 g/mol. The van der Waals surface area contributed by atoms with E-state index < -0.39 is 18.0 Å². The molecule has 8 nitrogen and oxygen atoms in total. The van der Waals surface area contributed by atoms with Crippen molar-refractivity contribution in [1.82, 2.24) is 19.9 Å². The topological polar surface area (TPSA) is 110 Å². The molecule has 4 rings (SSSR count). The number of hydrogen-bond donors (Lipinski definition) is 2. The number of carbonyl (C=O) groups is 2. The lowest BCUT2D eigenvalue weighted by molar-refractivity contribution is -0.123. The van der Waals surface area contributed by atoms with Gasteiger partial charge in [0.05, 0.1) is 6.33 Å². The van der Waals surface area contributed by atoms with Crippen LogP contribution in [0.2, 0.25) is 0 Å². The van der Waals surface area contributed by atoms with Gasteiger partial charge in [0.1, 0.15) is 16.7 Å². The molecule has 3 aromatic heterocycles. The Morgan fingerprint density at radius 3 is 2.86 bits per heavy atom. The molecule has 28 heavy (non-hydrogen) atoms. The molecule has 2 N–H and O–H groups in total. The normalized spacial score (nSPS) is 15.3. The molecule has 1 aliphatic rings. The summed E-state index contributed by atoms with van der Waals surface area (Å²) in [6.45, 7) is 1.54. The van der Waals surface area contributed by atoms with E-state index in [2.05, 4.69) is 25.3 Å². The van der Waals surface area contributed by atoms with Gasteiger partial charge in [-0.3, -0.25) is 4.79 Å². The lowest BCUT2D eigenvalue weighted by Gasteiger charge is -2.12.